The molecule has 2 N–H and O–H groups in total. The molecule has 1 saturated heterocycles. The van der Waals surface area contributed by atoms with Crippen molar-refractivity contribution in [1.82, 2.24) is 4.90 Å². The van der Waals surface area contributed by atoms with Crippen molar-refractivity contribution in [2.75, 3.05) is 18.4 Å². The van der Waals surface area contributed by atoms with E-state index in [0.29, 0.717) is 37.2 Å². The van der Waals surface area contributed by atoms with E-state index in [1.54, 1.807) is 17.0 Å². The van der Waals surface area contributed by atoms with Crippen LogP contribution in [-0.4, -0.2) is 46.7 Å². The summed E-state index contributed by atoms with van der Waals surface area (Å²) in [5, 5.41) is 12.2. The van der Waals surface area contributed by atoms with Crippen LogP contribution in [0.5, 0.6) is 0 Å². The highest BCUT2D eigenvalue weighted by molar-refractivity contribution is 5.99. The third-order valence-electron chi connectivity index (χ3n) is 7.07. The van der Waals surface area contributed by atoms with E-state index >= 15 is 0 Å². The number of hydrogen-bond donors (Lipinski definition) is 2. The lowest BCUT2D eigenvalue weighted by Gasteiger charge is -2.31. The van der Waals surface area contributed by atoms with E-state index in [2.05, 4.69) is 5.32 Å². The number of carboxylic acid groups (broad SMARTS) is 1. The zero-order valence-electron chi connectivity index (χ0n) is 21.6. The molecule has 4 rings (SSSR count). The second kappa shape index (κ2) is 11.4. The molecule has 7 heteroatoms. The number of anilines is 1. The molecule has 7 nitrogen and oxygen atoms in total. The summed E-state index contributed by atoms with van der Waals surface area (Å²) in [5.74, 6) is -1.14. The van der Waals surface area contributed by atoms with Gasteiger partial charge in [-0.25, -0.2) is 4.79 Å². The van der Waals surface area contributed by atoms with E-state index in [1.807, 2.05) is 66.7 Å². The Morgan fingerprint density at radius 3 is 1.92 bits per heavy atom. The van der Waals surface area contributed by atoms with E-state index in [9.17, 15) is 24.3 Å². The Labute approximate surface area is 222 Å². The Morgan fingerprint density at radius 2 is 1.37 bits per heavy atom. The van der Waals surface area contributed by atoms with Crippen LogP contribution in [0.2, 0.25) is 0 Å². The molecule has 0 radical (unpaired) electrons. The first-order chi connectivity index (χ1) is 18.1. The molecule has 0 aromatic heterocycles. The minimum Gasteiger partial charge on any atom is -0.481 e. The summed E-state index contributed by atoms with van der Waals surface area (Å²) < 4.78 is 0. The molecule has 0 atom stereocenters. The van der Waals surface area contributed by atoms with Crippen LogP contribution in [0.1, 0.15) is 53.8 Å². The van der Waals surface area contributed by atoms with E-state index in [1.165, 1.54) is 13.8 Å². The summed E-state index contributed by atoms with van der Waals surface area (Å²) >= 11 is 0. The van der Waals surface area contributed by atoms with Crippen LogP contribution in [0.15, 0.2) is 78.9 Å². The SMILES string of the molecule is CC(C)(CC(=O)c1ccc(-c2ccc(NC(=O)N3CCC(C(=O)c4ccccc4)CC3)cc2)cc1)C(=O)O. The highest BCUT2D eigenvalue weighted by Crippen LogP contribution is 2.27. The van der Waals surface area contributed by atoms with Crippen molar-refractivity contribution < 1.29 is 24.3 Å². The maximum absolute atomic E-state index is 12.8. The quantitative estimate of drug-likeness (QED) is 0.352. The Hall–Kier alpha value is -4.26. The molecule has 1 aliphatic heterocycles. The van der Waals surface area contributed by atoms with Crippen molar-refractivity contribution in [3.05, 3.63) is 90.0 Å². The first-order valence-electron chi connectivity index (χ1n) is 12.8. The maximum Gasteiger partial charge on any atom is 0.321 e. The topological polar surface area (TPSA) is 104 Å². The number of rotatable bonds is 8. The Bertz CT molecular complexity index is 1310. The van der Waals surface area contributed by atoms with Gasteiger partial charge in [-0.1, -0.05) is 66.7 Å². The van der Waals surface area contributed by atoms with Crippen LogP contribution in [-0.2, 0) is 4.79 Å². The molecule has 3 aromatic carbocycles. The molecule has 1 heterocycles. The first-order valence-corrected chi connectivity index (χ1v) is 12.8. The predicted molar refractivity (Wildman–Crippen MR) is 146 cm³/mol. The molecular formula is C31H32N2O5. The summed E-state index contributed by atoms with van der Waals surface area (Å²) in [6.45, 7) is 4.14. The van der Waals surface area contributed by atoms with Gasteiger partial charge in [-0.05, 0) is 49.9 Å². The van der Waals surface area contributed by atoms with E-state index in [4.69, 9.17) is 0 Å². The van der Waals surface area contributed by atoms with Gasteiger partial charge in [0.15, 0.2) is 11.6 Å². The standard InChI is InChI=1S/C31H32N2O5/c1-31(2,29(36)37)20-27(34)23-10-8-21(9-11-23)22-12-14-26(15-13-22)32-30(38)33-18-16-25(17-19-33)28(35)24-6-4-3-5-7-24/h3-15,25H,16-20H2,1-2H3,(H,32,38)(H,36,37). The van der Waals surface area contributed by atoms with Crippen LogP contribution >= 0.6 is 0 Å². The van der Waals surface area contributed by atoms with Gasteiger partial charge in [0.25, 0.3) is 0 Å². The first kappa shape index (κ1) is 26.8. The van der Waals surface area contributed by atoms with E-state index in [-0.39, 0.29) is 29.9 Å². The molecule has 2 amide bonds. The summed E-state index contributed by atoms with van der Waals surface area (Å²) in [6, 6.07) is 23.6. The lowest BCUT2D eigenvalue weighted by molar-refractivity contribution is -0.146. The fourth-order valence-electron chi connectivity index (χ4n) is 4.56. The predicted octanol–water partition coefficient (Wildman–Crippen LogP) is 6.16. The third-order valence-corrected chi connectivity index (χ3v) is 7.07. The van der Waals surface area contributed by atoms with Crippen LogP contribution in [0.25, 0.3) is 11.1 Å². The number of carbonyl (C=O) groups is 4. The van der Waals surface area contributed by atoms with Gasteiger partial charge in [0.1, 0.15) is 0 Å². The van der Waals surface area contributed by atoms with Gasteiger partial charge in [-0.2, -0.15) is 0 Å². The molecule has 38 heavy (non-hydrogen) atoms. The molecule has 1 fully saturated rings. The minimum atomic E-state index is -1.12. The number of carbonyl (C=O) groups excluding carboxylic acids is 3. The lowest BCUT2D eigenvalue weighted by atomic mass is 9.85. The largest absolute Gasteiger partial charge is 0.481 e. The number of piperidine rings is 1. The fraction of sp³-hybridized carbons (Fsp3) is 0.290. The average molecular weight is 513 g/mol. The number of benzene rings is 3. The Morgan fingerprint density at radius 1 is 0.816 bits per heavy atom. The lowest BCUT2D eigenvalue weighted by Crippen LogP contribution is -2.42. The highest BCUT2D eigenvalue weighted by Gasteiger charge is 2.30. The minimum absolute atomic E-state index is 0.0638. The third kappa shape index (κ3) is 6.35. The molecule has 0 spiro atoms. The number of carboxylic acids is 1. The number of likely N-dealkylation sites (tertiary alicyclic amines) is 1. The van der Waals surface area contributed by atoms with E-state index < -0.39 is 11.4 Å². The number of urea groups is 1. The van der Waals surface area contributed by atoms with Gasteiger partial charge in [0.2, 0.25) is 0 Å². The molecule has 3 aromatic rings. The van der Waals surface area contributed by atoms with Crippen LogP contribution in [0.4, 0.5) is 10.5 Å². The van der Waals surface area contributed by atoms with Gasteiger partial charge in [0.05, 0.1) is 5.41 Å². The number of nitrogens with zero attached hydrogens (tertiary/aromatic N) is 1. The van der Waals surface area contributed by atoms with Crippen LogP contribution in [0, 0.1) is 11.3 Å². The smallest absolute Gasteiger partial charge is 0.321 e. The second-order valence-electron chi connectivity index (χ2n) is 10.4. The number of ketones is 2. The van der Waals surface area contributed by atoms with Gasteiger partial charge in [-0.3, -0.25) is 14.4 Å². The normalized spacial score (nSPS) is 14.1. The number of Topliss-reactive ketones (excluding diaryl/α,β-unsaturated/α-hetero) is 2. The van der Waals surface area contributed by atoms with Crippen LogP contribution < -0.4 is 5.32 Å². The van der Waals surface area contributed by atoms with E-state index in [0.717, 1.165) is 16.7 Å². The maximum atomic E-state index is 12.8. The van der Waals surface area contributed by atoms with Crippen molar-refractivity contribution >= 4 is 29.3 Å². The Balaban J connectivity index is 1.30. The second-order valence-corrected chi connectivity index (χ2v) is 10.4. The fourth-order valence-corrected chi connectivity index (χ4v) is 4.56. The van der Waals surface area contributed by atoms with Gasteiger partial charge in [0, 0.05) is 42.2 Å². The molecule has 0 saturated carbocycles. The molecule has 196 valence electrons. The van der Waals surface area contributed by atoms with Gasteiger partial charge in [-0.15, -0.1) is 0 Å². The molecule has 0 bridgehead atoms. The zero-order chi connectivity index (χ0) is 27.3. The molecule has 0 aliphatic carbocycles. The van der Waals surface area contributed by atoms with Gasteiger partial charge < -0.3 is 15.3 Å². The number of aliphatic carboxylic acids is 1. The van der Waals surface area contributed by atoms with Gasteiger partial charge >= 0.3 is 12.0 Å². The highest BCUT2D eigenvalue weighted by atomic mass is 16.4. The molecule has 1 aliphatic rings. The molecular weight excluding hydrogens is 480 g/mol. The number of hydrogen-bond acceptors (Lipinski definition) is 4. The molecule has 0 unspecified atom stereocenters. The monoisotopic (exact) mass is 512 g/mol. The van der Waals surface area contributed by atoms with Crippen molar-refractivity contribution in [2.24, 2.45) is 11.3 Å². The average Bonchev–Trinajstić information content (AvgIpc) is 2.93. The van der Waals surface area contributed by atoms with Crippen LogP contribution in [0.3, 0.4) is 0 Å². The van der Waals surface area contributed by atoms with Crippen molar-refractivity contribution in [1.29, 1.82) is 0 Å². The summed E-state index contributed by atoms with van der Waals surface area (Å²) in [5.41, 5.74) is 2.57. The Kier molecular flexibility index (Phi) is 8.05. The van der Waals surface area contributed by atoms with Crippen molar-refractivity contribution in [2.45, 2.75) is 33.1 Å². The summed E-state index contributed by atoms with van der Waals surface area (Å²) in [6.07, 6.45) is 1.22. The zero-order valence-corrected chi connectivity index (χ0v) is 21.6. The number of amides is 2. The van der Waals surface area contributed by atoms with Crippen molar-refractivity contribution in [3.63, 3.8) is 0 Å². The summed E-state index contributed by atoms with van der Waals surface area (Å²) in [4.78, 5) is 51.0. The summed E-state index contributed by atoms with van der Waals surface area (Å²) in [7, 11) is 0. The van der Waals surface area contributed by atoms with Crippen molar-refractivity contribution in [3.8, 4) is 11.1 Å². The number of nitrogens with one attached hydrogen (secondary N) is 1.